The maximum Gasteiger partial charge on any atom is 0.373 e. The summed E-state index contributed by atoms with van der Waals surface area (Å²) in [5.74, 6) is -3.59. The van der Waals surface area contributed by atoms with Crippen LogP contribution in [-0.2, 0) is 29.0 Å². The van der Waals surface area contributed by atoms with Gasteiger partial charge in [0.2, 0.25) is 0 Å². The molecule has 2 atom stereocenters. The van der Waals surface area contributed by atoms with E-state index in [1.807, 2.05) is 24.3 Å². The summed E-state index contributed by atoms with van der Waals surface area (Å²) < 4.78 is 45.1. The number of fused-ring (bicyclic) bond motifs is 3. The summed E-state index contributed by atoms with van der Waals surface area (Å²) >= 11 is 4.74. The molecule has 2 aliphatic carbocycles. The van der Waals surface area contributed by atoms with E-state index in [2.05, 4.69) is 18.2 Å². The van der Waals surface area contributed by atoms with Crippen molar-refractivity contribution in [3.05, 3.63) is 71.1 Å². The second-order valence-electron chi connectivity index (χ2n) is 8.90. The van der Waals surface area contributed by atoms with Gasteiger partial charge in [-0.25, -0.2) is 4.39 Å². The topological polar surface area (TPSA) is 26.3 Å². The highest BCUT2D eigenvalue weighted by molar-refractivity contribution is 6.23. The van der Waals surface area contributed by atoms with E-state index in [4.69, 9.17) is 16.3 Å². The van der Waals surface area contributed by atoms with E-state index < -0.39 is 34.4 Å². The summed E-state index contributed by atoms with van der Waals surface area (Å²) in [5, 5.41) is -4.06. The number of esters is 1. The number of rotatable bonds is 5. The van der Waals surface area contributed by atoms with Crippen LogP contribution >= 0.6 is 11.6 Å². The SMILES string of the molecule is CC1(C)C(C=C(F)C(F)(F)Cl)C1C(=O)OCc1cccc2c1CCCc1ccccc1-2. The van der Waals surface area contributed by atoms with Crippen LogP contribution in [0.2, 0.25) is 0 Å². The van der Waals surface area contributed by atoms with Crippen molar-refractivity contribution < 1.29 is 22.7 Å². The molecule has 0 bridgehead atoms. The van der Waals surface area contributed by atoms with Crippen LogP contribution in [0.5, 0.6) is 0 Å². The van der Waals surface area contributed by atoms with Crippen LogP contribution < -0.4 is 0 Å². The lowest BCUT2D eigenvalue weighted by Gasteiger charge is -2.14. The second-order valence-corrected chi connectivity index (χ2v) is 9.37. The number of alkyl halides is 3. The highest BCUT2D eigenvalue weighted by atomic mass is 35.5. The fraction of sp³-hybridized carbons (Fsp3) is 0.400. The molecule has 164 valence electrons. The van der Waals surface area contributed by atoms with Crippen molar-refractivity contribution in [2.75, 3.05) is 0 Å². The Labute approximate surface area is 185 Å². The Bertz CT molecular complexity index is 1040. The van der Waals surface area contributed by atoms with Crippen molar-refractivity contribution >= 4 is 17.6 Å². The Morgan fingerprint density at radius 3 is 2.61 bits per heavy atom. The van der Waals surface area contributed by atoms with Crippen LogP contribution in [0.4, 0.5) is 13.2 Å². The van der Waals surface area contributed by atoms with E-state index in [0.717, 1.165) is 36.5 Å². The Morgan fingerprint density at radius 2 is 1.87 bits per heavy atom. The van der Waals surface area contributed by atoms with Crippen molar-refractivity contribution in [2.45, 2.75) is 45.1 Å². The van der Waals surface area contributed by atoms with Gasteiger partial charge in [-0.3, -0.25) is 4.79 Å². The summed E-state index contributed by atoms with van der Waals surface area (Å²) in [6.07, 6.45) is 3.63. The summed E-state index contributed by atoms with van der Waals surface area (Å²) in [4.78, 5) is 12.7. The minimum Gasteiger partial charge on any atom is -0.461 e. The molecule has 6 heteroatoms. The van der Waals surface area contributed by atoms with Crippen molar-refractivity contribution in [3.63, 3.8) is 0 Å². The third-order valence-electron chi connectivity index (χ3n) is 6.58. The standard InChI is InChI=1S/C25H24ClF3O2/c1-24(2)20(13-21(27)25(26,28)29)22(24)23(30)31-14-16-9-6-12-19-17-10-4-3-7-15(17)8-5-11-18(16)19/h3-4,6-7,9-10,12-13,20,22H,5,8,11,14H2,1-2H3. The zero-order valence-electron chi connectivity index (χ0n) is 17.4. The van der Waals surface area contributed by atoms with Gasteiger partial charge in [0.1, 0.15) is 6.61 Å². The highest BCUT2D eigenvalue weighted by Crippen LogP contribution is 2.60. The largest absolute Gasteiger partial charge is 0.461 e. The number of hydrogen-bond acceptors (Lipinski definition) is 2. The molecule has 2 aliphatic rings. The Morgan fingerprint density at radius 1 is 1.16 bits per heavy atom. The number of hydrogen-bond donors (Lipinski definition) is 0. The third kappa shape index (κ3) is 4.25. The monoisotopic (exact) mass is 448 g/mol. The molecule has 0 amide bonds. The maximum absolute atomic E-state index is 13.6. The number of carbonyl (C=O) groups is 1. The minimum absolute atomic E-state index is 0.0985. The molecular weight excluding hydrogens is 425 g/mol. The van der Waals surface area contributed by atoms with Crippen LogP contribution in [0.15, 0.2) is 54.4 Å². The molecule has 1 fully saturated rings. The van der Waals surface area contributed by atoms with Gasteiger partial charge in [0.15, 0.2) is 5.83 Å². The third-order valence-corrected chi connectivity index (χ3v) is 6.77. The second kappa shape index (κ2) is 8.01. The van der Waals surface area contributed by atoms with Crippen LogP contribution in [0, 0.1) is 17.3 Å². The predicted octanol–water partition coefficient (Wildman–Crippen LogP) is 6.84. The first-order chi connectivity index (χ1) is 14.6. The molecule has 0 aliphatic heterocycles. The first-order valence-corrected chi connectivity index (χ1v) is 10.8. The van der Waals surface area contributed by atoms with Gasteiger partial charge >= 0.3 is 11.4 Å². The first-order valence-electron chi connectivity index (χ1n) is 10.4. The fourth-order valence-corrected chi connectivity index (χ4v) is 4.77. The number of halogens is 4. The van der Waals surface area contributed by atoms with Crippen molar-refractivity contribution in [2.24, 2.45) is 17.3 Å². The Hall–Kier alpha value is -2.27. The number of aryl methyl sites for hydroxylation is 1. The summed E-state index contributed by atoms with van der Waals surface area (Å²) in [6, 6.07) is 14.3. The number of allylic oxidation sites excluding steroid dienone is 2. The number of benzene rings is 2. The zero-order valence-corrected chi connectivity index (χ0v) is 18.2. The molecule has 0 spiro atoms. The van der Waals surface area contributed by atoms with Crippen LogP contribution in [0.1, 0.15) is 37.0 Å². The van der Waals surface area contributed by atoms with E-state index in [9.17, 15) is 18.0 Å². The lowest BCUT2D eigenvalue weighted by molar-refractivity contribution is -0.147. The number of carbonyl (C=O) groups excluding carboxylic acids is 1. The maximum atomic E-state index is 13.6. The molecule has 0 saturated heterocycles. The average Bonchev–Trinajstić information content (AvgIpc) is 3.32. The van der Waals surface area contributed by atoms with Crippen LogP contribution in [-0.4, -0.2) is 11.4 Å². The molecule has 2 aromatic carbocycles. The normalized spacial score (nSPS) is 22.2. The van der Waals surface area contributed by atoms with E-state index >= 15 is 0 Å². The van der Waals surface area contributed by atoms with Crippen LogP contribution in [0.25, 0.3) is 11.1 Å². The van der Waals surface area contributed by atoms with Crippen molar-refractivity contribution in [1.29, 1.82) is 0 Å². The average molecular weight is 449 g/mol. The van der Waals surface area contributed by atoms with Gasteiger partial charge in [-0.05, 0) is 76.1 Å². The lowest BCUT2D eigenvalue weighted by atomic mass is 9.93. The highest BCUT2D eigenvalue weighted by Gasteiger charge is 2.62. The molecule has 0 aromatic heterocycles. The molecule has 0 heterocycles. The van der Waals surface area contributed by atoms with E-state index in [-0.39, 0.29) is 6.61 Å². The van der Waals surface area contributed by atoms with Gasteiger partial charge in [-0.1, -0.05) is 56.3 Å². The molecule has 2 nitrogen and oxygen atoms in total. The fourth-order valence-electron chi connectivity index (χ4n) is 4.70. The molecule has 2 unspecified atom stereocenters. The molecule has 1 saturated carbocycles. The molecular formula is C25H24ClF3O2. The molecule has 0 radical (unpaired) electrons. The predicted molar refractivity (Wildman–Crippen MR) is 114 cm³/mol. The minimum atomic E-state index is -4.06. The van der Waals surface area contributed by atoms with E-state index in [1.54, 1.807) is 13.8 Å². The van der Waals surface area contributed by atoms with Gasteiger partial charge in [0, 0.05) is 0 Å². The molecule has 31 heavy (non-hydrogen) atoms. The van der Waals surface area contributed by atoms with Crippen molar-refractivity contribution in [3.8, 4) is 11.1 Å². The van der Waals surface area contributed by atoms with Crippen LogP contribution in [0.3, 0.4) is 0 Å². The van der Waals surface area contributed by atoms with E-state index in [1.165, 1.54) is 16.7 Å². The molecule has 0 N–H and O–H groups in total. The van der Waals surface area contributed by atoms with E-state index in [0.29, 0.717) is 0 Å². The van der Waals surface area contributed by atoms with Crippen molar-refractivity contribution in [1.82, 2.24) is 0 Å². The Kier molecular flexibility index (Phi) is 5.67. The van der Waals surface area contributed by atoms with Gasteiger partial charge in [0.05, 0.1) is 5.92 Å². The Balaban J connectivity index is 1.51. The van der Waals surface area contributed by atoms with Gasteiger partial charge in [-0.2, -0.15) is 8.78 Å². The summed E-state index contributed by atoms with van der Waals surface area (Å²) in [7, 11) is 0. The quantitative estimate of drug-likeness (QED) is 0.369. The summed E-state index contributed by atoms with van der Waals surface area (Å²) in [6.45, 7) is 3.55. The summed E-state index contributed by atoms with van der Waals surface area (Å²) in [5.41, 5.74) is 5.10. The van der Waals surface area contributed by atoms with Gasteiger partial charge in [-0.15, -0.1) is 0 Å². The van der Waals surface area contributed by atoms with Gasteiger partial charge < -0.3 is 4.74 Å². The molecule has 2 aromatic rings. The molecule has 4 rings (SSSR count). The first kappa shape index (κ1) is 21.9. The number of ether oxygens (including phenoxy) is 1. The lowest BCUT2D eigenvalue weighted by Crippen LogP contribution is -2.12. The smallest absolute Gasteiger partial charge is 0.373 e. The zero-order chi connectivity index (χ0) is 22.4. The van der Waals surface area contributed by atoms with Gasteiger partial charge in [0.25, 0.3) is 0 Å².